The van der Waals surface area contributed by atoms with Gasteiger partial charge in [-0.15, -0.1) is 0 Å². The Morgan fingerprint density at radius 3 is 2.93 bits per heavy atom. The second-order valence-corrected chi connectivity index (χ2v) is 5.46. The van der Waals surface area contributed by atoms with Crippen molar-refractivity contribution in [3.63, 3.8) is 0 Å². The summed E-state index contributed by atoms with van der Waals surface area (Å²) in [6, 6.07) is 0. The molecule has 14 heavy (non-hydrogen) atoms. The topological polar surface area (TPSA) is 20.2 Å². The van der Waals surface area contributed by atoms with Crippen LogP contribution in [0.2, 0.25) is 0 Å². The predicted molar refractivity (Wildman–Crippen MR) is 64.7 cm³/mol. The minimum Gasteiger partial charge on any atom is -0.396 e. The molecule has 1 rings (SSSR count). The third-order valence-corrected chi connectivity index (χ3v) is 4.06. The zero-order valence-electron chi connectivity index (χ0n) is 9.06. The van der Waals surface area contributed by atoms with Crippen molar-refractivity contribution in [3.05, 3.63) is 12.2 Å². The molecule has 0 amide bonds. The van der Waals surface area contributed by atoms with Crippen molar-refractivity contribution in [1.29, 1.82) is 0 Å². The normalized spacial score (nSPS) is 33.4. The molecule has 0 aromatic carbocycles. The molecule has 0 spiro atoms. The standard InChI is InChI=1S/C12H21BrO/c1-10-4-3-6-12(2,7-8-13)11(10)5-9-14/h11,14H,1,3-9H2,2H3/t11-,12+/m1/s1. The van der Waals surface area contributed by atoms with E-state index in [1.165, 1.54) is 24.8 Å². The summed E-state index contributed by atoms with van der Waals surface area (Å²) in [7, 11) is 0. The molecule has 1 aliphatic carbocycles. The van der Waals surface area contributed by atoms with Gasteiger partial charge in [-0.1, -0.05) is 35.0 Å². The Kier molecular flexibility index (Phi) is 4.65. The Morgan fingerprint density at radius 1 is 1.64 bits per heavy atom. The van der Waals surface area contributed by atoms with Crippen LogP contribution in [0.5, 0.6) is 0 Å². The van der Waals surface area contributed by atoms with Gasteiger partial charge < -0.3 is 5.11 Å². The number of hydrogen-bond acceptors (Lipinski definition) is 1. The summed E-state index contributed by atoms with van der Waals surface area (Å²) >= 11 is 3.53. The molecule has 0 radical (unpaired) electrons. The van der Waals surface area contributed by atoms with Crippen molar-refractivity contribution in [2.24, 2.45) is 11.3 Å². The van der Waals surface area contributed by atoms with Gasteiger partial charge in [-0.2, -0.15) is 0 Å². The van der Waals surface area contributed by atoms with Gasteiger partial charge in [0.25, 0.3) is 0 Å². The SMILES string of the molecule is C=C1CCC[C@@](C)(CCBr)[C@@H]1CCO. The Balaban J connectivity index is 2.72. The number of aliphatic hydroxyl groups excluding tert-OH is 1. The fourth-order valence-electron chi connectivity index (χ4n) is 2.76. The maximum absolute atomic E-state index is 9.08. The van der Waals surface area contributed by atoms with Crippen LogP contribution < -0.4 is 0 Å². The molecule has 2 atom stereocenters. The molecule has 0 saturated heterocycles. The first kappa shape index (κ1) is 12.3. The van der Waals surface area contributed by atoms with E-state index in [4.69, 9.17) is 5.11 Å². The quantitative estimate of drug-likeness (QED) is 0.606. The number of rotatable bonds is 4. The Labute approximate surface area is 95.7 Å². The van der Waals surface area contributed by atoms with E-state index in [1.54, 1.807) is 0 Å². The zero-order chi connectivity index (χ0) is 10.6. The first-order valence-corrected chi connectivity index (χ1v) is 6.60. The van der Waals surface area contributed by atoms with Crippen LogP contribution in [-0.2, 0) is 0 Å². The van der Waals surface area contributed by atoms with Crippen molar-refractivity contribution < 1.29 is 5.11 Å². The molecule has 1 fully saturated rings. The third-order valence-electron chi connectivity index (χ3n) is 3.66. The fraction of sp³-hybridized carbons (Fsp3) is 0.833. The van der Waals surface area contributed by atoms with Crippen LogP contribution in [0.15, 0.2) is 12.2 Å². The van der Waals surface area contributed by atoms with Crippen molar-refractivity contribution in [2.75, 3.05) is 11.9 Å². The van der Waals surface area contributed by atoms with Gasteiger partial charge in [-0.25, -0.2) is 0 Å². The summed E-state index contributed by atoms with van der Waals surface area (Å²) in [5.41, 5.74) is 1.72. The van der Waals surface area contributed by atoms with E-state index in [2.05, 4.69) is 29.4 Å². The first-order chi connectivity index (χ1) is 6.64. The highest BCUT2D eigenvalue weighted by atomic mass is 79.9. The van der Waals surface area contributed by atoms with E-state index < -0.39 is 0 Å². The van der Waals surface area contributed by atoms with E-state index in [1.807, 2.05) is 0 Å². The highest BCUT2D eigenvalue weighted by Gasteiger charge is 2.37. The predicted octanol–water partition coefficient (Wildman–Crippen LogP) is 3.52. The van der Waals surface area contributed by atoms with Gasteiger partial charge in [-0.3, -0.25) is 0 Å². The molecule has 0 aliphatic heterocycles. The van der Waals surface area contributed by atoms with Crippen LogP contribution >= 0.6 is 15.9 Å². The van der Waals surface area contributed by atoms with E-state index in [0.717, 1.165) is 18.2 Å². The Bertz CT molecular complexity index is 198. The summed E-state index contributed by atoms with van der Waals surface area (Å²) in [5, 5.41) is 10.1. The molecule has 1 nitrogen and oxygen atoms in total. The van der Waals surface area contributed by atoms with Crippen LogP contribution in [-0.4, -0.2) is 17.0 Å². The van der Waals surface area contributed by atoms with Gasteiger partial charge >= 0.3 is 0 Å². The highest BCUT2D eigenvalue weighted by molar-refractivity contribution is 9.09. The molecular formula is C12H21BrO. The molecule has 82 valence electrons. The number of alkyl halides is 1. The van der Waals surface area contributed by atoms with Crippen LogP contribution in [0.1, 0.15) is 39.0 Å². The van der Waals surface area contributed by atoms with Gasteiger partial charge in [0, 0.05) is 11.9 Å². The summed E-state index contributed by atoms with van der Waals surface area (Å²) < 4.78 is 0. The average Bonchev–Trinajstić information content (AvgIpc) is 2.12. The van der Waals surface area contributed by atoms with Crippen LogP contribution in [0.3, 0.4) is 0 Å². The molecule has 1 aliphatic rings. The molecule has 0 aromatic heterocycles. The minimum absolute atomic E-state index is 0.293. The van der Waals surface area contributed by atoms with Gasteiger partial charge in [0.1, 0.15) is 0 Å². The van der Waals surface area contributed by atoms with Crippen molar-refractivity contribution in [1.82, 2.24) is 0 Å². The molecule has 0 bridgehead atoms. The lowest BCUT2D eigenvalue weighted by Gasteiger charge is -2.43. The van der Waals surface area contributed by atoms with Crippen LogP contribution in [0.4, 0.5) is 0 Å². The number of allylic oxidation sites excluding steroid dienone is 1. The van der Waals surface area contributed by atoms with Crippen molar-refractivity contribution in [3.8, 4) is 0 Å². The molecule has 2 heteroatoms. The third kappa shape index (κ3) is 2.60. The molecule has 0 unspecified atom stereocenters. The monoisotopic (exact) mass is 260 g/mol. The summed E-state index contributed by atoms with van der Waals surface area (Å²) in [6.07, 6.45) is 5.79. The summed E-state index contributed by atoms with van der Waals surface area (Å²) in [6.45, 7) is 6.80. The van der Waals surface area contributed by atoms with Crippen molar-refractivity contribution in [2.45, 2.75) is 39.0 Å². The molecular weight excluding hydrogens is 240 g/mol. The lowest BCUT2D eigenvalue weighted by atomic mass is 9.63. The molecule has 0 aromatic rings. The second kappa shape index (κ2) is 5.32. The van der Waals surface area contributed by atoms with E-state index >= 15 is 0 Å². The van der Waals surface area contributed by atoms with Crippen molar-refractivity contribution >= 4 is 15.9 Å². The molecule has 1 saturated carbocycles. The summed E-state index contributed by atoms with van der Waals surface area (Å²) in [5.74, 6) is 0.527. The lowest BCUT2D eigenvalue weighted by molar-refractivity contribution is 0.126. The average molecular weight is 261 g/mol. The van der Waals surface area contributed by atoms with Gasteiger partial charge in [0.05, 0.1) is 0 Å². The fourth-order valence-corrected chi connectivity index (χ4v) is 3.66. The largest absolute Gasteiger partial charge is 0.396 e. The Hall–Kier alpha value is 0.180. The number of hydrogen-bond donors (Lipinski definition) is 1. The second-order valence-electron chi connectivity index (χ2n) is 4.67. The first-order valence-electron chi connectivity index (χ1n) is 5.48. The van der Waals surface area contributed by atoms with Gasteiger partial charge in [0.15, 0.2) is 0 Å². The molecule has 1 N–H and O–H groups in total. The maximum atomic E-state index is 9.08. The lowest BCUT2D eigenvalue weighted by Crippen LogP contribution is -2.33. The van der Waals surface area contributed by atoms with Gasteiger partial charge in [-0.05, 0) is 43.4 Å². The van der Waals surface area contributed by atoms with Gasteiger partial charge in [0.2, 0.25) is 0 Å². The maximum Gasteiger partial charge on any atom is 0.0436 e. The van der Waals surface area contributed by atoms with E-state index in [-0.39, 0.29) is 0 Å². The minimum atomic E-state index is 0.293. The van der Waals surface area contributed by atoms with E-state index in [0.29, 0.717) is 17.9 Å². The number of aliphatic hydroxyl groups is 1. The summed E-state index contributed by atoms with van der Waals surface area (Å²) in [4.78, 5) is 0. The Morgan fingerprint density at radius 2 is 2.36 bits per heavy atom. The van der Waals surface area contributed by atoms with Crippen LogP contribution in [0.25, 0.3) is 0 Å². The smallest absolute Gasteiger partial charge is 0.0436 e. The van der Waals surface area contributed by atoms with E-state index in [9.17, 15) is 0 Å². The highest BCUT2D eigenvalue weighted by Crippen LogP contribution is 2.47. The van der Waals surface area contributed by atoms with Crippen LogP contribution in [0, 0.1) is 11.3 Å². The zero-order valence-corrected chi connectivity index (χ0v) is 10.6. The number of halogens is 1. The molecule has 0 heterocycles.